The molecule has 1 aromatic carbocycles. The largest absolute Gasteiger partial charge is 0.397 e. The van der Waals surface area contributed by atoms with Crippen molar-refractivity contribution < 1.29 is 14.3 Å². The van der Waals surface area contributed by atoms with Crippen molar-refractivity contribution in [3.8, 4) is 0 Å². The molecule has 0 aliphatic carbocycles. The monoisotopic (exact) mass is 295 g/mol. The smallest absolute Gasteiger partial charge is 0.224 e. The van der Waals surface area contributed by atoms with Crippen LogP contribution in [0.15, 0.2) is 18.2 Å². The quantitative estimate of drug-likeness (QED) is 0.721. The van der Waals surface area contributed by atoms with E-state index >= 15 is 0 Å². The maximum absolute atomic E-state index is 12.9. The van der Waals surface area contributed by atoms with Gasteiger partial charge in [0.15, 0.2) is 0 Å². The first-order valence-corrected chi connectivity index (χ1v) is 7.15. The van der Waals surface area contributed by atoms with E-state index in [0.717, 1.165) is 19.5 Å². The number of hydrogen-bond acceptors (Lipinski definition) is 4. The van der Waals surface area contributed by atoms with Crippen molar-refractivity contribution in [2.75, 3.05) is 30.7 Å². The SMILES string of the molecule is CC1(O)CCN(CCCC(=O)Nc2ccc(F)cc2N)C1. The van der Waals surface area contributed by atoms with E-state index in [4.69, 9.17) is 5.73 Å². The van der Waals surface area contributed by atoms with Gasteiger partial charge in [0.1, 0.15) is 5.82 Å². The van der Waals surface area contributed by atoms with E-state index in [0.29, 0.717) is 25.1 Å². The molecule has 5 nitrogen and oxygen atoms in total. The highest BCUT2D eigenvalue weighted by atomic mass is 19.1. The second kappa shape index (κ2) is 6.41. The number of nitrogen functional groups attached to an aromatic ring is 1. The zero-order valence-electron chi connectivity index (χ0n) is 12.2. The Kier molecular flexibility index (Phi) is 4.80. The van der Waals surface area contributed by atoms with Gasteiger partial charge in [-0.3, -0.25) is 4.79 Å². The van der Waals surface area contributed by atoms with Crippen molar-refractivity contribution in [1.29, 1.82) is 0 Å². The summed E-state index contributed by atoms with van der Waals surface area (Å²) in [6.45, 7) is 4.12. The van der Waals surface area contributed by atoms with Crippen LogP contribution in [0.4, 0.5) is 15.8 Å². The molecule has 1 heterocycles. The van der Waals surface area contributed by atoms with Crippen molar-refractivity contribution in [1.82, 2.24) is 4.90 Å². The van der Waals surface area contributed by atoms with Crippen LogP contribution in [0, 0.1) is 5.82 Å². The lowest BCUT2D eigenvalue weighted by Crippen LogP contribution is -2.30. The summed E-state index contributed by atoms with van der Waals surface area (Å²) in [5.41, 5.74) is 5.69. The molecule has 1 aliphatic heterocycles. The van der Waals surface area contributed by atoms with Crippen LogP contribution >= 0.6 is 0 Å². The highest BCUT2D eigenvalue weighted by Crippen LogP contribution is 2.21. The maximum atomic E-state index is 12.9. The highest BCUT2D eigenvalue weighted by Gasteiger charge is 2.30. The number of nitrogens with two attached hydrogens (primary N) is 1. The molecule has 1 atom stereocenters. The number of hydrogen-bond donors (Lipinski definition) is 3. The predicted octanol–water partition coefficient (Wildman–Crippen LogP) is 1.58. The number of carbonyl (C=O) groups excluding carboxylic acids is 1. The molecule has 0 bridgehead atoms. The predicted molar refractivity (Wildman–Crippen MR) is 80.4 cm³/mol. The Bertz CT molecular complexity index is 520. The molecule has 116 valence electrons. The van der Waals surface area contributed by atoms with E-state index in [2.05, 4.69) is 10.2 Å². The molecule has 1 aromatic rings. The Balaban J connectivity index is 1.73. The average molecular weight is 295 g/mol. The Hall–Kier alpha value is -1.66. The zero-order chi connectivity index (χ0) is 15.5. The molecule has 0 saturated carbocycles. The summed E-state index contributed by atoms with van der Waals surface area (Å²) in [6.07, 6.45) is 1.85. The summed E-state index contributed by atoms with van der Waals surface area (Å²) in [5.74, 6) is -0.564. The number of aliphatic hydroxyl groups is 1. The molecule has 0 radical (unpaired) electrons. The van der Waals surface area contributed by atoms with Gasteiger partial charge in [0.2, 0.25) is 5.91 Å². The number of β-amino-alcohol motifs (C(OH)–C–C–N with tert-alkyl or cyclic N) is 1. The van der Waals surface area contributed by atoms with Gasteiger partial charge in [-0.15, -0.1) is 0 Å². The summed E-state index contributed by atoms with van der Waals surface area (Å²) < 4.78 is 12.9. The molecule has 0 spiro atoms. The third-order valence-corrected chi connectivity index (χ3v) is 3.70. The molecule has 2 rings (SSSR count). The molecule has 4 N–H and O–H groups in total. The lowest BCUT2D eigenvalue weighted by atomic mass is 10.1. The van der Waals surface area contributed by atoms with E-state index in [1.165, 1.54) is 18.2 Å². The number of nitrogens with one attached hydrogen (secondary N) is 1. The van der Waals surface area contributed by atoms with Gasteiger partial charge in [-0.1, -0.05) is 0 Å². The van der Waals surface area contributed by atoms with Gasteiger partial charge in [-0.05, 0) is 44.5 Å². The number of nitrogens with zero attached hydrogens (tertiary/aromatic N) is 1. The van der Waals surface area contributed by atoms with Crippen molar-refractivity contribution in [3.63, 3.8) is 0 Å². The van der Waals surface area contributed by atoms with Gasteiger partial charge in [-0.2, -0.15) is 0 Å². The van der Waals surface area contributed by atoms with Gasteiger partial charge in [0.25, 0.3) is 0 Å². The number of halogens is 1. The first kappa shape index (κ1) is 15.7. The van der Waals surface area contributed by atoms with Gasteiger partial charge < -0.3 is 21.1 Å². The number of benzene rings is 1. The third-order valence-electron chi connectivity index (χ3n) is 3.70. The first-order chi connectivity index (χ1) is 9.85. The molecule has 0 aromatic heterocycles. The third kappa shape index (κ3) is 4.68. The molecular weight excluding hydrogens is 273 g/mol. The second-order valence-electron chi connectivity index (χ2n) is 5.91. The lowest BCUT2D eigenvalue weighted by molar-refractivity contribution is -0.116. The molecule has 1 aliphatic rings. The Morgan fingerprint density at radius 1 is 1.57 bits per heavy atom. The van der Waals surface area contributed by atoms with Crippen LogP contribution in [0.2, 0.25) is 0 Å². The van der Waals surface area contributed by atoms with Crippen LogP contribution in [0.3, 0.4) is 0 Å². The van der Waals surface area contributed by atoms with E-state index < -0.39 is 11.4 Å². The highest BCUT2D eigenvalue weighted by molar-refractivity contribution is 5.93. The normalized spacial score (nSPS) is 22.4. The van der Waals surface area contributed by atoms with Crippen LogP contribution in [0.5, 0.6) is 0 Å². The fraction of sp³-hybridized carbons (Fsp3) is 0.533. The lowest BCUT2D eigenvalue weighted by Gasteiger charge is -2.18. The summed E-state index contributed by atoms with van der Waals surface area (Å²) in [7, 11) is 0. The number of anilines is 2. The minimum atomic E-state index is -0.606. The summed E-state index contributed by atoms with van der Waals surface area (Å²) in [6, 6.07) is 3.90. The van der Waals surface area contributed by atoms with Gasteiger partial charge in [0.05, 0.1) is 17.0 Å². The summed E-state index contributed by atoms with van der Waals surface area (Å²) in [4.78, 5) is 14.0. The Labute approximate surface area is 123 Å². The van der Waals surface area contributed by atoms with E-state index in [-0.39, 0.29) is 11.6 Å². The van der Waals surface area contributed by atoms with Crippen LogP contribution in [0.25, 0.3) is 0 Å². The molecule has 1 fully saturated rings. The van der Waals surface area contributed by atoms with Crippen molar-refractivity contribution in [2.45, 2.75) is 31.8 Å². The number of amides is 1. The van der Waals surface area contributed by atoms with E-state index in [1.54, 1.807) is 0 Å². The summed E-state index contributed by atoms with van der Waals surface area (Å²) in [5, 5.41) is 12.5. The molecule has 1 unspecified atom stereocenters. The van der Waals surface area contributed by atoms with Crippen molar-refractivity contribution >= 4 is 17.3 Å². The molecular formula is C15H22FN3O2. The van der Waals surface area contributed by atoms with Crippen molar-refractivity contribution in [3.05, 3.63) is 24.0 Å². The molecule has 1 saturated heterocycles. The van der Waals surface area contributed by atoms with Crippen LogP contribution in [-0.4, -0.2) is 41.1 Å². The van der Waals surface area contributed by atoms with Crippen LogP contribution in [0.1, 0.15) is 26.2 Å². The fourth-order valence-electron chi connectivity index (χ4n) is 2.55. The topological polar surface area (TPSA) is 78.6 Å². The molecule has 6 heteroatoms. The van der Waals surface area contributed by atoms with E-state index in [1.807, 2.05) is 6.92 Å². The van der Waals surface area contributed by atoms with Crippen LogP contribution in [-0.2, 0) is 4.79 Å². The fourth-order valence-corrected chi connectivity index (χ4v) is 2.55. The molecule has 21 heavy (non-hydrogen) atoms. The Morgan fingerprint density at radius 2 is 2.33 bits per heavy atom. The first-order valence-electron chi connectivity index (χ1n) is 7.15. The average Bonchev–Trinajstić information content (AvgIpc) is 2.72. The van der Waals surface area contributed by atoms with Crippen LogP contribution < -0.4 is 11.1 Å². The number of rotatable bonds is 5. The zero-order valence-corrected chi connectivity index (χ0v) is 12.2. The number of carbonyl (C=O) groups is 1. The van der Waals surface area contributed by atoms with Gasteiger partial charge in [-0.25, -0.2) is 4.39 Å². The summed E-state index contributed by atoms with van der Waals surface area (Å²) >= 11 is 0. The minimum absolute atomic E-state index is 0.140. The van der Waals surface area contributed by atoms with Gasteiger partial charge >= 0.3 is 0 Å². The maximum Gasteiger partial charge on any atom is 0.224 e. The van der Waals surface area contributed by atoms with Gasteiger partial charge in [0, 0.05) is 19.5 Å². The molecule has 1 amide bonds. The standard InChI is InChI=1S/C15H22FN3O2/c1-15(21)6-8-19(10-15)7-2-3-14(20)18-13-5-4-11(16)9-12(13)17/h4-5,9,21H,2-3,6-8,10,17H2,1H3,(H,18,20). The second-order valence-corrected chi connectivity index (χ2v) is 5.91. The Morgan fingerprint density at radius 3 is 2.95 bits per heavy atom. The minimum Gasteiger partial charge on any atom is -0.397 e. The number of likely N-dealkylation sites (tertiary alicyclic amines) is 1. The van der Waals surface area contributed by atoms with E-state index in [9.17, 15) is 14.3 Å². The van der Waals surface area contributed by atoms with Crippen molar-refractivity contribution in [2.24, 2.45) is 0 Å².